The molecule has 0 radical (unpaired) electrons. The third-order valence-electron chi connectivity index (χ3n) is 6.22. The van der Waals surface area contributed by atoms with Crippen LogP contribution in [0.15, 0.2) is 24.0 Å². The summed E-state index contributed by atoms with van der Waals surface area (Å²) in [5.41, 5.74) is 2.42. The number of likely N-dealkylation sites (N-methyl/N-ethyl adjacent to an activating group) is 1. The zero-order valence-electron chi connectivity index (χ0n) is 19.7. The number of aromatic hydroxyl groups is 1. The summed E-state index contributed by atoms with van der Waals surface area (Å²) in [4.78, 5) is 17.8. The zero-order chi connectivity index (χ0) is 23.7. The predicted octanol–water partition coefficient (Wildman–Crippen LogP) is 3.09. The Labute approximate surface area is 193 Å². The number of nitrogens with zero attached hydrogens (tertiary/aromatic N) is 2. The first-order chi connectivity index (χ1) is 15.9. The van der Waals surface area contributed by atoms with Crippen LogP contribution in [0, 0.1) is 6.92 Å². The quantitative estimate of drug-likeness (QED) is 0.667. The van der Waals surface area contributed by atoms with E-state index in [1.54, 1.807) is 52.5 Å². The number of rotatable bonds is 6. The summed E-state index contributed by atoms with van der Waals surface area (Å²) < 4.78 is 22.3. The van der Waals surface area contributed by atoms with E-state index in [9.17, 15) is 9.90 Å². The molecule has 2 aliphatic heterocycles. The van der Waals surface area contributed by atoms with Gasteiger partial charge in [0.25, 0.3) is 0 Å². The fraction of sp³-hybridized carbons (Fsp3) is 0.400. The second-order valence-electron chi connectivity index (χ2n) is 8.36. The van der Waals surface area contributed by atoms with E-state index in [1.807, 2.05) is 0 Å². The maximum Gasteiger partial charge on any atom is 0.232 e. The van der Waals surface area contributed by atoms with Crippen molar-refractivity contribution in [1.29, 1.82) is 0 Å². The number of ketones is 1. The smallest absolute Gasteiger partial charge is 0.232 e. The molecule has 1 fully saturated rings. The first-order valence-corrected chi connectivity index (χ1v) is 10.9. The molecule has 2 aromatic rings. The van der Waals surface area contributed by atoms with Crippen molar-refractivity contribution < 1.29 is 28.8 Å². The molecular formula is C25H30N2O6. The normalized spacial score (nSPS) is 17.7. The van der Waals surface area contributed by atoms with Crippen molar-refractivity contribution in [3.05, 3.63) is 46.2 Å². The molecular weight excluding hydrogens is 424 g/mol. The van der Waals surface area contributed by atoms with Crippen LogP contribution in [0.2, 0.25) is 0 Å². The lowest BCUT2D eigenvalue weighted by Crippen LogP contribution is -2.43. The summed E-state index contributed by atoms with van der Waals surface area (Å²) >= 11 is 0. The molecule has 0 aliphatic carbocycles. The van der Waals surface area contributed by atoms with Crippen molar-refractivity contribution in [2.75, 3.05) is 54.6 Å². The van der Waals surface area contributed by atoms with Gasteiger partial charge in [-0.15, -0.1) is 0 Å². The van der Waals surface area contributed by atoms with E-state index in [-0.39, 0.29) is 17.3 Å². The topological polar surface area (TPSA) is 80.7 Å². The maximum atomic E-state index is 13.3. The molecule has 0 saturated carbocycles. The van der Waals surface area contributed by atoms with Crippen LogP contribution < -0.4 is 18.9 Å². The van der Waals surface area contributed by atoms with E-state index in [2.05, 4.69) is 16.8 Å². The summed E-state index contributed by atoms with van der Waals surface area (Å²) in [7, 11) is 6.74. The molecule has 8 heteroatoms. The Bertz CT molecular complexity index is 1100. The van der Waals surface area contributed by atoms with Crippen LogP contribution in [0.4, 0.5) is 0 Å². The number of benzene rings is 2. The molecule has 0 amide bonds. The Hall–Kier alpha value is -3.23. The fourth-order valence-electron chi connectivity index (χ4n) is 4.27. The number of ether oxygens (including phenoxy) is 4. The van der Waals surface area contributed by atoms with Crippen molar-refractivity contribution in [2.45, 2.75) is 13.5 Å². The van der Waals surface area contributed by atoms with Crippen LogP contribution in [0.25, 0.3) is 6.08 Å². The Morgan fingerprint density at radius 3 is 2.27 bits per heavy atom. The van der Waals surface area contributed by atoms with Crippen LogP contribution in [-0.2, 0) is 6.54 Å². The molecule has 0 bridgehead atoms. The second-order valence-corrected chi connectivity index (χ2v) is 8.36. The molecule has 0 atom stereocenters. The van der Waals surface area contributed by atoms with E-state index >= 15 is 0 Å². The number of piperazine rings is 1. The number of aryl methyl sites for hydroxylation is 1. The molecule has 33 heavy (non-hydrogen) atoms. The first kappa shape index (κ1) is 22.9. The highest BCUT2D eigenvalue weighted by Gasteiger charge is 2.34. The van der Waals surface area contributed by atoms with Gasteiger partial charge in [0.1, 0.15) is 17.2 Å². The lowest BCUT2D eigenvalue weighted by atomic mass is 9.99. The molecule has 4 rings (SSSR count). The van der Waals surface area contributed by atoms with Crippen LogP contribution in [-0.4, -0.2) is 75.2 Å². The number of carbonyl (C=O) groups is 1. The van der Waals surface area contributed by atoms with Gasteiger partial charge in [0, 0.05) is 44.4 Å². The average Bonchev–Trinajstić information content (AvgIpc) is 3.13. The van der Waals surface area contributed by atoms with Gasteiger partial charge in [-0.05, 0) is 37.7 Å². The van der Waals surface area contributed by atoms with Gasteiger partial charge >= 0.3 is 0 Å². The highest BCUT2D eigenvalue weighted by atomic mass is 16.5. The number of fused-ring (bicyclic) bond motifs is 1. The monoisotopic (exact) mass is 454 g/mol. The van der Waals surface area contributed by atoms with Gasteiger partial charge in [0.05, 0.1) is 32.5 Å². The molecule has 0 spiro atoms. The minimum atomic E-state index is -0.223. The van der Waals surface area contributed by atoms with E-state index < -0.39 is 0 Å². The van der Waals surface area contributed by atoms with Crippen LogP contribution in [0.5, 0.6) is 28.7 Å². The minimum Gasteiger partial charge on any atom is -0.507 e. The zero-order valence-corrected chi connectivity index (χ0v) is 19.7. The molecule has 0 unspecified atom stereocenters. The fourth-order valence-corrected chi connectivity index (χ4v) is 4.27. The molecule has 2 aromatic carbocycles. The Morgan fingerprint density at radius 1 is 1.00 bits per heavy atom. The summed E-state index contributed by atoms with van der Waals surface area (Å²) in [5.74, 6) is 2.07. The van der Waals surface area contributed by atoms with Gasteiger partial charge in [0.15, 0.2) is 17.3 Å². The van der Waals surface area contributed by atoms with Crippen molar-refractivity contribution >= 4 is 11.9 Å². The van der Waals surface area contributed by atoms with Gasteiger partial charge in [-0.25, -0.2) is 0 Å². The average molecular weight is 455 g/mol. The third kappa shape index (κ3) is 4.36. The lowest BCUT2D eigenvalue weighted by Gasteiger charge is -2.32. The largest absolute Gasteiger partial charge is 0.507 e. The Kier molecular flexibility index (Phi) is 6.49. The number of hydrogen-bond donors (Lipinski definition) is 1. The standard InChI is InChI=1S/C25H30N2O6/c1-15-10-18(28)17(14-27-8-6-26(2)7-9-27)25-23(15)24(29)22(33-25)12-16-11-20(31-4)21(32-5)13-19(16)30-3/h10-13,28H,6-9,14H2,1-5H3/b22-12-. The van der Waals surface area contributed by atoms with E-state index in [0.29, 0.717) is 51.8 Å². The second kappa shape index (κ2) is 9.33. The number of methoxy groups -OCH3 is 3. The van der Waals surface area contributed by atoms with Gasteiger partial charge < -0.3 is 29.0 Å². The summed E-state index contributed by atoms with van der Waals surface area (Å²) in [6.45, 7) is 6.01. The Balaban J connectivity index is 1.71. The van der Waals surface area contributed by atoms with Gasteiger partial charge in [-0.1, -0.05) is 0 Å². The van der Waals surface area contributed by atoms with E-state index in [1.165, 1.54) is 0 Å². The summed E-state index contributed by atoms with van der Waals surface area (Å²) in [6.07, 6.45) is 1.64. The first-order valence-electron chi connectivity index (χ1n) is 10.9. The molecule has 2 heterocycles. The molecule has 0 aromatic heterocycles. The number of Topliss-reactive ketones (excluding diaryl/α,β-unsaturated/α-hetero) is 1. The number of hydrogen-bond acceptors (Lipinski definition) is 8. The summed E-state index contributed by atoms with van der Waals surface area (Å²) in [6, 6.07) is 5.08. The van der Waals surface area contributed by atoms with Crippen LogP contribution in [0.3, 0.4) is 0 Å². The van der Waals surface area contributed by atoms with Gasteiger partial charge in [-0.2, -0.15) is 0 Å². The number of phenols is 1. The Morgan fingerprint density at radius 2 is 1.64 bits per heavy atom. The third-order valence-corrected chi connectivity index (χ3v) is 6.22. The molecule has 2 aliphatic rings. The van der Waals surface area contributed by atoms with Gasteiger partial charge in [-0.3, -0.25) is 9.69 Å². The van der Waals surface area contributed by atoms with Crippen molar-refractivity contribution in [1.82, 2.24) is 9.80 Å². The summed E-state index contributed by atoms with van der Waals surface area (Å²) in [5, 5.41) is 10.7. The van der Waals surface area contributed by atoms with Crippen molar-refractivity contribution in [2.24, 2.45) is 0 Å². The van der Waals surface area contributed by atoms with E-state index in [0.717, 1.165) is 26.2 Å². The van der Waals surface area contributed by atoms with E-state index in [4.69, 9.17) is 18.9 Å². The molecule has 1 N–H and O–H groups in total. The SMILES string of the molecule is COc1cc(OC)c(OC)cc1/C=C1\Oc2c(CN3CCN(C)CC3)c(O)cc(C)c2C1=O. The highest BCUT2D eigenvalue weighted by Crippen LogP contribution is 2.43. The van der Waals surface area contributed by atoms with Gasteiger partial charge in [0.2, 0.25) is 5.78 Å². The lowest BCUT2D eigenvalue weighted by molar-refractivity contribution is 0.101. The number of carbonyl (C=O) groups excluding carboxylic acids is 1. The molecule has 176 valence electrons. The minimum absolute atomic E-state index is 0.142. The van der Waals surface area contributed by atoms with Crippen LogP contribution >= 0.6 is 0 Å². The molecule has 8 nitrogen and oxygen atoms in total. The number of phenolic OH excluding ortho intramolecular Hbond substituents is 1. The maximum absolute atomic E-state index is 13.3. The highest BCUT2D eigenvalue weighted by molar-refractivity contribution is 6.16. The van der Waals surface area contributed by atoms with Crippen molar-refractivity contribution in [3.8, 4) is 28.7 Å². The predicted molar refractivity (Wildman–Crippen MR) is 125 cm³/mol. The van der Waals surface area contributed by atoms with Crippen molar-refractivity contribution in [3.63, 3.8) is 0 Å². The van der Waals surface area contributed by atoms with Crippen LogP contribution in [0.1, 0.15) is 27.0 Å². The number of allylic oxidation sites excluding steroid dienone is 1. The molecule has 1 saturated heterocycles.